The van der Waals surface area contributed by atoms with Crippen LogP contribution in [0.2, 0.25) is 5.02 Å². The first-order valence-electron chi connectivity index (χ1n) is 8.08. The lowest BCUT2D eigenvalue weighted by Crippen LogP contribution is -2.22. The summed E-state index contributed by atoms with van der Waals surface area (Å²) in [5, 5.41) is 3.37. The second kappa shape index (κ2) is 8.34. The number of rotatable bonds is 6. The van der Waals surface area contributed by atoms with Crippen molar-refractivity contribution in [1.29, 1.82) is 0 Å². The van der Waals surface area contributed by atoms with Crippen molar-refractivity contribution < 1.29 is 13.4 Å². The van der Waals surface area contributed by atoms with Gasteiger partial charge in [0.15, 0.2) is 5.76 Å². The monoisotopic (exact) mass is 387 g/mol. The van der Waals surface area contributed by atoms with E-state index in [9.17, 15) is 9.00 Å². The lowest BCUT2D eigenvalue weighted by Gasteiger charge is -2.05. The number of hydrogen-bond donors (Lipinski definition) is 1. The third-order valence-corrected chi connectivity index (χ3v) is 5.55. The fraction of sp³-hybridized carbons (Fsp3) is 0.150. The predicted octanol–water partition coefficient (Wildman–Crippen LogP) is 4.48. The van der Waals surface area contributed by atoms with Gasteiger partial charge in [0, 0.05) is 16.5 Å². The van der Waals surface area contributed by atoms with E-state index in [-0.39, 0.29) is 17.4 Å². The molecule has 0 fully saturated rings. The molecule has 1 atom stereocenters. The van der Waals surface area contributed by atoms with Gasteiger partial charge in [-0.3, -0.25) is 9.00 Å². The Kier molecular flexibility index (Phi) is 5.91. The molecule has 3 rings (SSSR count). The molecule has 0 saturated carbocycles. The maximum absolute atomic E-state index is 12.4. The summed E-state index contributed by atoms with van der Waals surface area (Å²) in [5.41, 5.74) is 1.94. The summed E-state index contributed by atoms with van der Waals surface area (Å²) in [6.07, 6.45) is 0. The van der Waals surface area contributed by atoms with Gasteiger partial charge in [0.25, 0.3) is 5.91 Å². The molecule has 6 heteroatoms. The molecule has 0 aliphatic rings. The maximum atomic E-state index is 12.4. The van der Waals surface area contributed by atoms with Gasteiger partial charge in [-0.1, -0.05) is 47.5 Å². The zero-order chi connectivity index (χ0) is 18.5. The second-order valence-corrected chi connectivity index (χ2v) is 7.70. The second-order valence-electron chi connectivity index (χ2n) is 5.84. The average Bonchev–Trinajstić information content (AvgIpc) is 3.10. The first-order valence-corrected chi connectivity index (χ1v) is 9.78. The van der Waals surface area contributed by atoms with E-state index in [1.54, 1.807) is 18.2 Å². The van der Waals surface area contributed by atoms with E-state index in [1.165, 1.54) is 0 Å². The zero-order valence-electron chi connectivity index (χ0n) is 14.2. The molecule has 1 aromatic heterocycles. The molecule has 134 valence electrons. The summed E-state index contributed by atoms with van der Waals surface area (Å²) in [4.78, 5) is 12.9. The smallest absolute Gasteiger partial charge is 0.287 e. The molecule has 0 radical (unpaired) electrons. The van der Waals surface area contributed by atoms with Crippen molar-refractivity contribution in [2.45, 2.75) is 24.1 Å². The number of benzene rings is 2. The SMILES string of the molecule is Cc1ccc([S@@](=O)Cc2ccc(C(=O)NCc3ccccc3Cl)o2)cc1. The molecule has 0 spiro atoms. The van der Waals surface area contributed by atoms with Gasteiger partial charge >= 0.3 is 0 Å². The first-order chi connectivity index (χ1) is 12.5. The standard InChI is InChI=1S/C20H18ClNO3S/c1-14-6-9-17(10-7-14)26(24)13-16-8-11-19(25-16)20(23)22-12-15-4-2-3-5-18(15)21/h2-11H,12-13H2,1H3,(H,22,23)/t26-/m0/s1. The summed E-state index contributed by atoms with van der Waals surface area (Å²) < 4.78 is 17.9. The van der Waals surface area contributed by atoms with E-state index < -0.39 is 10.8 Å². The molecule has 0 unspecified atom stereocenters. The lowest BCUT2D eigenvalue weighted by molar-refractivity contribution is 0.0921. The van der Waals surface area contributed by atoms with E-state index in [4.69, 9.17) is 16.0 Å². The van der Waals surface area contributed by atoms with E-state index in [0.717, 1.165) is 16.0 Å². The van der Waals surface area contributed by atoms with Gasteiger partial charge in [-0.25, -0.2) is 0 Å². The third kappa shape index (κ3) is 4.62. The van der Waals surface area contributed by atoms with Crippen LogP contribution in [0.4, 0.5) is 0 Å². The predicted molar refractivity (Wildman–Crippen MR) is 103 cm³/mol. The van der Waals surface area contributed by atoms with Crippen molar-refractivity contribution in [1.82, 2.24) is 5.32 Å². The summed E-state index contributed by atoms with van der Waals surface area (Å²) in [7, 11) is -1.22. The highest BCUT2D eigenvalue weighted by Gasteiger charge is 2.14. The van der Waals surface area contributed by atoms with E-state index in [0.29, 0.717) is 17.3 Å². The number of halogens is 1. The molecule has 0 bridgehead atoms. The Morgan fingerprint density at radius 1 is 1.08 bits per heavy atom. The lowest BCUT2D eigenvalue weighted by atomic mass is 10.2. The highest BCUT2D eigenvalue weighted by atomic mass is 35.5. The minimum atomic E-state index is -1.22. The quantitative estimate of drug-likeness (QED) is 0.678. The summed E-state index contributed by atoms with van der Waals surface area (Å²) in [5.74, 6) is 0.581. The van der Waals surface area contributed by atoms with Crippen molar-refractivity contribution >= 4 is 28.3 Å². The maximum Gasteiger partial charge on any atom is 0.287 e. The molecular weight excluding hydrogens is 370 g/mol. The van der Waals surface area contributed by atoms with E-state index in [2.05, 4.69) is 5.32 Å². The number of carbonyl (C=O) groups is 1. The number of hydrogen-bond acceptors (Lipinski definition) is 3. The minimum Gasteiger partial charge on any atom is -0.455 e. The Labute approximate surface area is 159 Å². The molecule has 1 N–H and O–H groups in total. The Hall–Kier alpha value is -2.37. The van der Waals surface area contributed by atoms with Crippen LogP contribution in [0.5, 0.6) is 0 Å². The number of carbonyl (C=O) groups excluding carboxylic acids is 1. The van der Waals surface area contributed by atoms with Gasteiger partial charge in [0.05, 0.1) is 16.6 Å². The van der Waals surface area contributed by atoms with Gasteiger partial charge in [0.2, 0.25) is 0 Å². The molecular formula is C20H18ClNO3S. The van der Waals surface area contributed by atoms with Crippen LogP contribution < -0.4 is 5.32 Å². The van der Waals surface area contributed by atoms with Crippen molar-refractivity contribution in [2.75, 3.05) is 0 Å². The Morgan fingerprint density at radius 2 is 1.81 bits per heavy atom. The van der Waals surface area contributed by atoms with Gasteiger partial charge < -0.3 is 9.73 Å². The van der Waals surface area contributed by atoms with Crippen LogP contribution in [0, 0.1) is 6.92 Å². The number of aryl methyl sites for hydroxylation is 1. The van der Waals surface area contributed by atoms with Crippen LogP contribution in [-0.4, -0.2) is 10.1 Å². The Bertz CT molecular complexity index is 934. The molecule has 1 heterocycles. The van der Waals surface area contributed by atoms with Gasteiger partial charge in [-0.05, 0) is 42.8 Å². The highest BCUT2D eigenvalue weighted by molar-refractivity contribution is 7.84. The van der Waals surface area contributed by atoms with Gasteiger partial charge in [-0.15, -0.1) is 0 Å². The van der Waals surface area contributed by atoms with Crippen LogP contribution in [0.1, 0.15) is 27.4 Å². The number of furan rings is 1. The number of amides is 1. The van der Waals surface area contributed by atoms with Crippen molar-refractivity contribution in [3.63, 3.8) is 0 Å². The van der Waals surface area contributed by atoms with E-state index in [1.807, 2.05) is 49.4 Å². The first kappa shape index (κ1) is 18.4. The Morgan fingerprint density at radius 3 is 2.54 bits per heavy atom. The summed E-state index contributed by atoms with van der Waals surface area (Å²) in [6, 6.07) is 18.1. The molecule has 1 amide bonds. The van der Waals surface area contributed by atoms with Crippen LogP contribution in [0.15, 0.2) is 70.0 Å². The fourth-order valence-electron chi connectivity index (χ4n) is 2.38. The molecule has 0 aliphatic heterocycles. The molecule has 0 saturated heterocycles. The van der Waals surface area contributed by atoms with Crippen molar-refractivity contribution in [3.8, 4) is 0 Å². The van der Waals surface area contributed by atoms with Crippen molar-refractivity contribution in [2.24, 2.45) is 0 Å². The minimum absolute atomic E-state index is 0.188. The summed E-state index contributed by atoms with van der Waals surface area (Å²) in [6.45, 7) is 2.29. The zero-order valence-corrected chi connectivity index (χ0v) is 15.8. The van der Waals surface area contributed by atoms with Crippen molar-refractivity contribution in [3.05, 3.63) is 88.3 Å². The normalized spacial score (nSPS) is 11.9. The molecule has 4 nitrogen and oxygen atoms in total. The highest BCUT2D eigenvalue weighted by Crippen LogP contribution is 2.17. The van der Waals surface area contributed by atoms with Crippen LogP contribution in [0.3, 0.4) is 0 Å². The van der Waals surface area contributed by atoms with E-state index >= 15 is 0 Å². The third-order valence-electron chi connectivity index (χ3n) is 3.84. The largest absolute Gasteiger partial charge is 0.455 e. The molecule has 2 aromatic carbocycles. The summed E-state index contributed by atoms with van der Waals surface area (Å²) >= 11 is 6.07. The Balaban J connectivity index is 1.60. The van der Waals surface area contributed by atoms with Crippen LogP contribution in [-0.2, 0) is 23.1 Å². The van der Waals surface area contributed by atoms with Gasteiger partial charge in [-0.2, -0.15) is 0 Å². The van der Waals surface area contributed by atoms with Crippen LogP contribution in [0.25, 0.3) is 0 Å². The average molecular weight is 388 g/mol. The van der Waals surface area contributed by atoms with Crippen LogP contribution >= 0.6 is 11.6 Å². The molecule has 26 heavy (non-hydrogen) atoms. The fourth-order valence-corrected chi connectivity index (χ4v) is 3.61. The molecule has 3 aromatic rings. The number of nitrogens with one attached hydrogen (secondary N) is 1. The topological polar surface area (TPSA) is 59.3 Å². The van der Waals surface area contributed by atoms with Gasteiger partial charge in [0.1, 0.15) is 5.76 Å². The molecule has 0 aliphatic carbocycles.